The van der Waals surface area contributed by atoms with Crippen LogP contribution >= 0.6 is 0 Å². The molecule has 0 fully saturated rings. The van der Waals surface area contributed by atoms with E-state index in [0.29, 0.717) is 23.6 Å². The summed E-state index contributed by atoms with van der Waals surface area (Å²) < 4.78 is 15.7. The maximum atomic E-state index is 13.9. The molecule has 136 valence electrons. The highest BCUT2D eigenvalue weighted by Crippen LogP contribution is 2.21. The van der Waals surface area contributed by atoms with Crippen LogP contribution in [0.4, 0.5) is 10.3 Å². The number of amides is 1. The van der Waals surface area contributed by atoms with Crippen molar-refractivity contribution in [1.29, 1.82) is 0 Å². The van der Waals surface area contributed by atoms with Crippen molar-refractivity contribution in [2.45, 2.75) is 32.9 Å². The zero-order valence-electron chi connectivity index (χ0n) is 15.2. The second-order valence-corrected chi connectivity index (χ2v) is 6.44. The van der Waals surface area contributed by atoms with Gasteiger partial charge in [0.1, 0.15) is 5.52 Å². The van der Waals surface area contributed by atoms with Crippen LogP contribution in [0.3, 0.4) is 0 Å². The Labute approximate surface area is 152 Å². The van der Waals surface area contributed by atoms with Crippen LogP contribution in [0.2, 0.25) is 0 Å². The summed E-state index contributed by atoms with van der Waals surface area (Å²) in [7, 11) is 1.84. The molecule has 1 unspecified atom stereocenters. The normalized spacial score (nSPS) is 12.2. The van der Waals surface area contributed by atoms with Crippen molar-refractivity contribution < 1.29 is 9.18 Å². The first kappa shape index (κ1) is 17.9. The molecule has 0 bridgehead atoms. The summed E-state index contributed by atoms with van der Waals surface area (Å²) in [5.74, 6) is 0.167. The van der Waals surface area contributed by atoms with E-state index in [4.69, 9.17) is 0 Å². The van der Waals surface area contributed by atoms with Gasteiger partial charge >= 0.3 is 0 Å². The first-order valence-electron chi connectivity index (χ1n) is 8.74. The number of halogens is 1. The van der Waals surface area contributed by atoms with Gasteiger partial charge in [-0.3, -0.25) is 4.79 Å². The predicted molar refractivity (Wildman–Crippen MR) is 102 cm³/mol. The number of aromatic nitrogens is 2. The number of rotatable bonds is 6. The zero-order valence-corrected chi connectivity index (χ0v) is 15.2. The molecule has 0 saturated heterocycles. The first-order chi connectivity index (χ1) is 12.5. The van der Waals surface area contributed by atoms with Crippen molar-refractivity contribution in [3.8, 4) is 0 Å². The van der Waals surface area contributed by atoms with Gasteiger partial charge < -0.3 is 15.2 Å². The highest BCUT2D eigenvalue weighted by molar-refractivity contribution is 5.94. The Hall–Kier alpha value is -2.89. The van der Waals surface area contributed by atoms with Crippen LogP contribution in [0.25, 0.3) is 11.0 Å². The second kappa shape index (κ2) is 7.56. The fourth-order valence-electron chi connectivity index (χ4n) is 2.75. The van der Waals surface area contributed by atoms with Crippen molar-refractivity contribution in [3.05, 3.63) is 59.4 Å². The Morgan fingerprint density at radius 2 is 2.04 bits per heavy atom. The minimum Gasteiger partial charge on any atom is -0.352 e. The Bertz CT molecular complexity index is 935. The molecule has 6 heteroatoms. The van der Waals surface area contributed by atoms with E-state index in [0.717, 1.165) is 17.5 Å². The SMILES string of the molecule is CCC(C)NC(=O)c1cccc(CNc2nc3c(F)cccc3n2C)c1. The number of para-hydroxylation sites is 1. The molecule has 1 heterocycles. The molecule has 5 nitrogen and oxygen atoms in total. The molecule has 1 amide bonds. The number of fused-ring (bicyclic) bond motifs is 1. The van der Waals surface area contributed by atoms with Gasteiger partial charge in [-0.1, -0.05) is 25.1 Å². The third-order valence-electron chi connectivity index (χ3n) is 4.49. The Morgan fingerprint density at radius 1 is 1.27 bits per heavy atom. The van der Waals surface area contributed by atoms with Gasteiger partial charge in [0.15, 0.2) is 5.82 Å². The van der Waals surface area contributed by atoms with E-state index in [1.807, 2.05) is 49.7 Å². The average molecular weight is 354 g/mol. The summed E-state index contributed by atoms with van der Waals surface area (Å²) in [5.41, 5.74) is 2.66. The van der Waals surface area contributed by atoms with E-state index in [-0.39, 0.29) is 17.8 Å². The molecule has 0 aliphatic rings. The highest BCUT2D eigenvalue weighted by Gasteiger charge is 2.12. The summed E-state index contributed by atoms with van der Waals surface area (Å²) >= 11 is 0. The number of nitrogens with one attached hydrogen (secondary N) is 2. The van der Waals surface area contributed by atoms with Gasteiger partial charge in [0.25, 0.3) is 5.91 Å². The van der Waals surface area contributed by atoms with Crippen molar-refractivity contribution in [3.63, 3.8) is 0 Å². The van der Waals surface area contributed by atoms with Gasteiger partial charge in [-0.05, 0) is 43.2 Å². The molecule has 26 heavy (non-hydrogen) atoms. The number of carbonyl (C=O) groups is 1. The number of hydrogen-bond acceptors (Lipinski definition) is 3. The third kappa shape index (κ3) is 3.69. The fourth-order valence-corrected chi connectivity index (χ4v) is 2.75. The van der Waals surface area contributed by atoms with E-state index in [9.17, 15) is 9.18 Å². The van der Waals surface area contributed by atoms with Crippen LogP contribution in [0.1, 0.15) is 36.2 Å². The number of nitrogens with zero attached hydrogens (tertiary/aromatic N) is 2. The molecular weight excluding hydrogens is 331 g/mol. The third-order valence-corrected chi connectivity index (χ3v) is 4.49. The maximum Gasteiger partial charge on any atom is 0.251 e. The van der Waals surface area contributed by atoms with E-state index in [1.54, 1.807) is 12.1 Å². The van der Waals surface area contributed by atoms with Crippen molar-refractivity contribution in [2.24, 2.45) is 7.05 Å². The summed E-state index contributed by atoms with van der Waals surface area (Å²) in [6, 6.07) is 12.5. The summed E-state index contributed by atoms with van der Waals surface area (Å²) in [6.45, 7) is 4.50. The van der Waals surface area contributed by atoms with E-state index < -0.39 is 0 Å². The van der Waals surface area contributed by atoms with E-state index in [1.165, 1.54) is 6.07 Å². The standard InChI is InChI=1S/C20H23FN4O/c1-4-13(2)23-19(26)15-8-5-7-14(11-15)12-22-20-24-18-16(21)9-6-10-17(18)25(20)3/h5-11,13H,4,12H2,1-3H3,(H,22,24)(H,23,26). The second-order valence-electron chi connectivity index (χ2n) is 6.44. The first-order valence-corrected chi connectivity index (χ1v) is 8.74. The minimum absolute atomic E-state index is 0.0778. The monoisotopic (exact) mass is 354 g/mol. The van der Waals surface area contributed by atoms with Gasteiger partial charge in [0.2, 0.25) is 5.95 Å². The van der Waals surface area contributed by atoms with Crippen LogP contribution < -0.4 is 10.6 Å². The number of aryl methyl sites for hydroxylation is 1. The molecule has 2 N–H and O–H groups in total. The number of anilines is 1. The molecule has 0 saturated carbocycles. The smallest absolute Gasteiger partial charge is 0.251 e. The zero-order chi connectivity index (χ0) is 18.7. The van der Waals surface area contributed by atoms with Crippen molar-refractivity contribution in [2.75, 3.05) is 5.32 Å². The molecular formula is C20H23FN4O. The Morgan fingerprint density at radius 3 is 2.77 bits per heavy atom. The molecule has 0 spiro atoms. The van der Waals surface area contributed by atoms with Crippen LogP contribution in [-0.2, 0) is 13.6 Å². The Kier molecular flexibility index (Phi) is 5.21. The summed E-state index contributed by atoms with van der Waals surface area (Å²) in [4.78, 5) is 16.6. The number of imidazole rings is 1. The van der Waals surface area contributed by atoms with Gasteiger partial charge in [-0.15, -0.1) is 0 Å². The molecule has 2 aromatic carbocycles. The predicted octanol–water partition coefficient (Wildman–Crippen LogP) is 3.85. The largest absolute Gasteiger partial charge is 0.352 e. The lowest BCUT2D eigenvalue weighted by Crippen LogP contribution is -2.31. The molecule has 3 aromatic rings. The number of hydrogen-bond donors (Lipinski definition) is 2. The van der Waals surface area contributed by atoms with E-state index >= 15 is 0 Å². The minimum atomic E-state index is -0.338. The number of carbonyl (C=O) groups excluding carboxylic acids is 1. The topological polar surface area (TPSA) is 59.0 Å². The summed E-state index contributed by atoms with van der Waals surface area (Å²) in [6.07, 6.45) is 0.885. The quantitative estimate of drug-likeness (QED) is 0.707. The van der Waals surface area contributed by atoms with E-state index in [2.05, 4.69) is 15.6 Å². The lowest BCUT2D eigenvalue weighted by molar-refractivity contribution is 0.0939. The molecule has 0 radical (unpaired) electrons. The molecule has 1 atom stereocenters. The maximum absolute atomic E-state index is 13.9. The Balaban J connectivity index is 1.74. The molecule has 3 rings (SSSR count). The molecule has 0 aliphatic carbocycles. The summed E-state index contributed by atoms with van der Waals surface area (Å²) in [5, 5.41) is 6.18. The lowest BCUT2D eigenvalue weighted by atomic mass is 10.1. The van der Waals surface area contributed by atoms with Crippen molar-refractivity contribution >= 4 is 22.9 Å². The van der Waals surface area contributed by atoms with Crippen molar-refractivity contribution in [1.82, 2.24) is 14.9 Å². The van der Waals surface area contributed by atoms with Crippen LogP contribution in [-0.4, -0.2) is 21.5 Å². The van der Waals surface area contributed by atoms with Gasteiger partial charge in [0.05, 0.1) is 5.52 Å². The molecule has 1 aromatic heterocycles. The van der Waals surface area contributed by atoms with Crippen LogP contribution in [0.5, 0.6) is 0 Å². The van der Waals surface area contributed by atoms with Gasteiger partial charge in [0, 0.05) is 25.2 Å². The highest BCUT2D eigenvalue weighted by atomic mass is 19.1. The van der Waals surface area contributed by atoms with Crippen LogP contribution in [0.15, 0.2) is 42.5 Å². The van der Waals surface area contributed by atoms with Gasteiger partial charge in [-0.2, -0.15) is 0 Å². The van der Waals surface area contributed by atoms with Gasteiger partial charge in [-0.25, -0.2) is 9.37 Å². The fraction of sp³-hybridized carbons (Fsp3) is 0.300. The average Bonchev–Trinajstić information content (AvgIpc) is 2.97. The number of benzene rings is 2. The molecule has 0 aliphatic heterocycles. The lowest BCUT2D eigenvalue weighted by Gasteiger charge is -2.12. The van der Waals surface area contributed by atoms with Crippen LogP contribution in [0, 0.1) is 5.82 Å².